The molecule has 7 nitrogen and oxygen atoms in total. The summed E-state index contributed by atoms with van der Waals surface area (Å²) in [6.07, 6.45) is 3.26. The van der Waals surface area contributed by atoms with Crippen molar-refractivity contribution in [2.75, 3.05) is 30.1 Å². The molecule has 2 heterocycles. The normalized spacial score (nSPS) is 20.1. The first-order valence-electron chi connectivity index (χ1n) is 7.54. The van der Waals surface area contributed by atoms with E-state index in [1.54, 1.807) is 16.7 Å². The lowest BCUT2D eigenvalue weighted by Gasteiger charge is -2.16. The largest absolute Gasteiger partial charge is 0.444 e. The van der Waals surface area contributed by atoms with Crippen LogP contribution in [-0.2, 0) is 19.0 Å². The van der Waals surface area contributed by atoms with Crippen molar-refractivity contribution in [2.24, 2.45) is 4.99 Å². The van der Waals surface area contributed by atoms with Crippen LogP contribution in [0.5, 0.6) is 0 Å². The Bertz CT molecular complexity index is 763. The summed E-state index contributed by atoms with van der Waals surface area (Å²) in [5.74, 6) is 0.857. The highest BCUT2D eigenvalue weighted by Gasteiger charge is 2.32. The Morgan fingerprint density at radius 2 is 2.29 bits per heavy atom. The van der Waals surface area contributed by atoms with Crippen LogP contribution in [0.4, 0.5) is 16.2 Å². The number of nitrogens with zero attached hydrogens (tertiary/aromatic N) is 2. The second-order valence-electron chi connectivity index (χ2n) is 5.56. The van der Waals surface area contributed by atoms with Crippen molar-refractivity contribution in [3.8, 4) is 0 Å². The van der Waals surface area contributed by atoms with Crippen LogP contribution in [0.3, 0.4) is 0 Å². The molecule has 0 saturated carbocycles. The van der Waals surface area contributed by atoms with Crippen LogP contribution in [-0.4, -0.2) is 52.0 Å². The lowest BCUT2D eigenvalue weighted by Crippen LogP contribution is -2.24. The number of carbonyl (C=O) groups excluding carboxylic acids is 1. The average Bonchev–Trinajstić information content (AvgIpc) is 2.91. The summed E-state index contributed by atoms with van der Waals surface area (Å²) in [6, 6.07) is 5.74. The Kier molecular flexibility index (Phi) is 5.12. The first kappa shape index (κ1) is 17.2. The number of thioether (sulfide) groups is 1. The minimum Gasteiger partial charge on any atom is -0.444 e. The fourth-order valence-electron chi connectivity index (χ4n) is 2.56. The average molecular weight is 370 g/mol. The highest BCUT2D eigenvalue weighted by atomic mass is 32.2. The Balaban J connectivity index is 1.58. The van der Waals surface area contributed by atoms with Gasteiger partial charge in [0.1, 0.15) is 6.10 Å². The topological polar surface area (TPSA) is 85.3 Å². The monoisotopic (exact) mass is 370 g/mol. The summed E-state index contributed by atoms with van der Waals surface area (Å²) >= 11 is 1.71. The van der Waals surface area contributed by atoms with E-state index >= 15 is 0 Å². The Morgan fingerprint density at radius 3 is 3.08 bits per heavy atom. The van der Waals surface area contributed by atoms with Crippen LogP contribution in [0.15, 0.2) is 28.1 Å². The molecule has 0 bridgehead atoms. The number of cyclic esters (lactones) is 1. The van der Waals surface area contributed by atoms with Gasteiger partial charge in [-0.05, 0) is 31.0 Å². The molecule has 0 spiro atoms. The first-order chi connectivity index (χ1) is 11.4. The molecule has 1 aromatic carbocycles. The molecule has 2 aliphatic heterocycles. The summed E-state index contributed by atoms with van der Waals surface area (Å²) in [5.41, 5.74) is 1.62. The van der Waals surface area contributed by atoms with Gasteiger partial charge in [0.05, 0.1) is 25.1 Å². The number of hydrogen-bond acceptors (Lipinski definition) is 7. The van der Waals surface area contributed by atoms with E-state index in [-0.39, 0.29) is 12.7 Å². The summed E-state index contributed by atoms with van der Waals surface area (Å²) < 4.78 is 31.8. The van der Waals surface area contributed by atoms with E-state index in [4.69, 9.17) is 4.74 Å². The van der Waals surface area contributed by atoms with Gasteiger partial charge in [0.25, 0.3) is 10.1 Å². The molecule has 0 unspecified atom stereocenters. The predicted molar refractivity (Wildman–Crippen MR) is 93.0 cm³/mol. The molecule has 130 valence electrons. The third kappa shape index (κ3) is 4.28. The smallest absolute Gasteiger partial charge is 0.414 e. The number of amides is 1. The summed E-state index contributed by atoms with van der Waals surface area (Å²) in [4.78, 5) is 19.1. The van der Waals surface area contributed by atoms with E-state index in [2.05, 4.69) is 9.18 Å². The molecule has 9 heteroatoms. The van der Waals surface area contributed by atoms with Gasteiger partial charge in [0.15, 0.2) is 0 Å². The van der Waals surface area contributed by atoms with Gasteiger partial charge >= 0.3 is 6.09 Å². The van der Waals surface area contributed by atoms with E-state index in [0.717, 1.165) is 28.3 Å². The molecule has 0 N–H and O–H groups in total. The zero-order valence-corrected chi connectivity index (χ0v) is 14.8. The van der Waals surface area contributed by atoms with Gasteiger partial charge in [-0.3, -0.25) is 14.1 Å². The van der Waals surface area contributed by atoms with Gasteiger partial charge in [-0.1, -0.05) is 0 Å². The van der Waals surface area contributed by atoms with Crippen LogP contribution in [0.2, 0.25) is 0 Å². The van der Waals surface area contributed by atoms with Gasteiger partial charge in [-0.2, -0.15) is 8.42 Å². The number of fused-ring (bicyclic) bond motifs is 1. The molecule has 0 radical (unpaired) electrons. The molecule has 24 heavy (non-hydrogen) atoms. The van der Waals surface area contributed by atoms with Crippen LogP contribution >= 0.6 is 11.8 Å². The first-order valence-corrected chi connectivity index (χ1v) is 10.3. The maximum absolute atomic E-state index is 12.1. The van der Waals surface area contributed by atoms with Crippen molar-refractivity contribution in [3.63, 3.8) is 0 Å². The second kappa shape index (κ2) is 7.12. The molecule has 1 amide bonds. The highest BCUT2D eigenvalue weighted by Crippen LogP contribution is 2.36. The van der Waals surface area contributed by atoms with E-state index < -0.39 is 16.2 Å². The molecular weight excluding hydrogens is 352 g/mol. The van der Waals surface area contributed by atoms with Crippen molar-refractivity contribution < 1.29 is 22.1 Å². The molecule has 3 rings (SSSR count). The number of aliphatic imine (C=N–C) groups is 1. The third-order valence-electron chi connectivity index (χ3n) is 3.64. The molecule has 1 fully saturated rings. The van der Waals surface area contributed by atoms with Crippen molar-refractivity contribution in [3.05, 3.63) is 18.2 Å². The predicted octanol–water partition coefficient (Wildman–Crippen LogP) is 2.58. The van der Waals surface area contributed by atoms with Crippen LogP contribution in [0, 0.1) is 0 Å². The number of rotatable bonds is 6. The van der Waals surface area contributed by atoms with E-state index in [1.165, 1.54) is 0 Å². The third-order valence-corrected chi connectivity index (χ3v) is 5.21. The lowest BCUT2D eigenvalue weighted by molar-refractivity contribution is 0.132. The molecular formula is C15H18N2O5S2. The van der Waals surface area contributed by atoms with E-state index in [0.29, 0.717) is 19.4 Å². The van der Waals surface area contributed by atoms with Gasteiger partial charge in [0.2, 0.25) is 0 Å². The van der Waals surface area contributed by atoms with Crippen molar-refractivity contribution >= 4 is 45.6 Å². The van der Waals surface area contributed by atoms with E-state index in [1.807, 2.05) is 24.4 Å². The Labute approximate surface area is 145 Å². The molecule has 1 saturated heterocycles. The summed E-state index contributed by atoms with van der Waals surface area (Å²) in [5, 5.41) is 0. The maximum Gasteiger partial charge on any atom is 0.414 e. The maximum atomic E-state index is 12.1. The number of benzene rings is 1. The van der Waals surface area contributed by atoms with Crippen molar-refractivity contribution in [1.29, 1.82) is 0 Å². The van der Waals surface area contributed by atoms with Gasteiger partial charge in [-0.25, -0.2) is 4.79 Å². The van der Waals surface area contributed by atoms with Crippen LogP contribution in [0.25, 0.3) is 0 Å². The number of anilines is 1. The number of carbonyl (C=O) groups is 1. The quantitative estimate of drug-likeness (QED) is 0.565. The van der Waals surface area contributed by atoms with E-state index in [9.17, 15) is 13.2 Å². The summed E-state index contributed by atoms with van der Waals surface area (Å²) in [6.45, 7) is 0.533. The Hall–Kier alpha value is -1.58. The second-order valence-corrected chi connectivity index (χ2v) is 8.27. The molecule has 0 aromatic heterocycles. The Morgan fingerprint density at radius 1 is 1.46 bits per heavy atom. The number of ether oxygens (including phenoxy) is 1. The fraction of sp³-hybridized carbons (Fsp3) is 0.467. The lowest BCUT2D eigenvalue weighted by atomic mass is 10.2. The minimum atomic E-state index is -3.43. The van der Waals surface area contributed by atoms with Gasteiger partial charge in [-0.15, -0.1) is 11.8 Å². The molecule has 1 atom stereocenters. The molecule has 0 aliphatic carbocycles. The zero-order valence-electron chi connectivity index (χ0n) is 13.2. The van der Waals surface area contributed by atoms with Crippen LogP contribution in [0.1, 0.15) is 12.8 Å². The molecule has 1 aromatic rings. The highest BCUT2D eigenvalue weighted by molar-refractivity contribution is 8.00. The van der Waals surface area contributed by atoms with Crippen LogP contribution < -0.4 is 4.90 Å². The standard InChI is InChI=1S/C15H18N2O5S2/c1-24(19,20)21-7-2-3-12-10-17(15(18)22-12)11-4-5-14-13(9-11)16-6-8-23-14/h4-6,9,12H,2-3,7-8,10H2,1H3/t12-/m1/s1. The summed E-state index contributed by atoms with van der Waals surface area (Å²) in [7, 11) is -3.43. The van der Waals surface area contributed by atoms with Crippen molar-refractivity contribution in [1.82, 2.24) is 0 Å². The zero-order chi connectivity index (χ0) is 17.2. The fourth-order valence-corrected chi connectivity index (χ4v) is 3.74. The SMILES string of the molecule is CS(=O)(=O)OCCC[C@@H]1CN(c2ccc3c(c2)N=CCS3)C(=O)O1. The number of hydrogen-bond donors (Lipinski definition) is 0. The van der Waals surface area contributed by atoms with Gasteiger partial charge < -0.3 is 4.74 Å². The molecule has 2 aliphatic rings. The van der Waals surface area contributed by atoms with Crippen molar-refractivity contribution in [2.45, 2.75) is 23.8 Å². The van der Waals surface area contributed by atoms with Gasteiger partial charge in [0, 0.05) is 22.6 Å². The minimum absolute atomic E-state index is 0.0949.